The van der Waals surface area contributed by atoms with E-state index in [4.69, 9.17) is 4.74 Å². The first-order valence-corrected chi connectivity index (χ1v) is 12.7. The highest BCUT2D eigenvalue weighted by Crippen LogP contribution is 2.27. The van der Waals surface area contributed by atoms with Crippen LogP contribution in [0.3, 0.4) is 0 Å². The van der Waals surface area contributed by atoms with Crippen LogP contribution in [0.1, 0.15) is 50.4 Å². The van der Waals surface area contributed by atoms with Crippen LogP contribution in [-0.4, -0.2) is 41.0 Å². The Hall–Kier alpha value is -4.13. The van der Waals surface area contributed by atoms with E-state index < -0.39 is 29.7 Å². The van der Waals surface area contributed by atoms with Crippen molar-refractivity contribution in [2.75, 3.05) is 11.9 Å². The average Bonchev–Trinajstić information content (AvgIpc) is 2.84. The standard InChI is InChI=1S/C31H37N3O4/c1-8-17-34(29(36)22(4)32-30(37)38-31(5,6)7)27(25-14-13-20(2)21(3)18-25)28(35)33-26-16-15-23-11-9-10-12-24(23)19-26/h8-16,18-19,22,27H,1,17H2,2-7H3,(H,32,37)(H,33,35). The fourth-order valence-corrected chi connectivity index (χ4v) is 4.14. The minimum Gasteiger partial charge on any atom is -0.444 e. The second-order valence-electron chi connectivity index (χ2n) is 10.4. The zero-order valence-electron chi connectivity index (χ0n) is 23.0. The lowest BCUT2D eigenvalue weighted by atomic mass is 9.98. The molecular weight excluding hydrogens is 478 g/mol. The highest BCUT2D eigenvalue weighted by molar-refractivity contribution is 6.00. The van der Waals surface area contributed by atoms with E-state index in [0.717, 1.165) is 21.9 Å². The number of fused-ring (bicyclic) bond motifs is 1. The van der Waals surface area contributed by atoms with E-state index in [2.05, 4.69) is 17.2 Å². The van der Waals surface area contributed by atoms with Gasteiger partial charge in [0.15, 0.2) is 0 Å². The zero-order valence-corrected chi connectivity index (χ0v) is 23.0. The Bertz CT molecular complexity index is 1340. The molecule has 3 aromatic rings. The van der Waals surface area contributed by atoms with Gasteiger partial charge in [0.2, 0.25) is 5.91 Å². The third kappa shape index (κ3) is 7.22. The smallest absolute Gasteiger partial charge is 0.408 e. The van der Waals surface area contributed by atoms with Crippen molar-refractivity contribution in [1.82, 2.24) is 10.2 Å². The van der Waals surface area contributed by atoms with Crippen molar-refractivity contribution < 1.29 is 19.1 Å². The van der Waals surface area contributed by atoms with Crippen LogP contribution < -0.4 is 10.6 Å². The molecule has 2 N–H and O–H groups in total. The maximum atomic E-state index is 13.8. The van der Waals surface area contributed by atoms with Crippen LogP contribution in [0.2, 0.25) is 0 Å². The molecule has 2 unspecified atom stereocenters. The van der Waals surface area contributed by atoms with Crippen LogP contribution in [0, 0.1) is 13.8 Å². The van der Waals surface area contributed by atoms with Gasteiger partial charge >= 0.3 is 6.09 Å². The largest absolute Gasteiger partial charge is 0.444 e. The van der Waals surface area contributed by atoms with Gasteiger partial charge in [0.1, 0.15) is 17.7 Å². The summed E-state index contributed by atoms with van der Waals surface area (Å²) in [5.41, 5.74) is 2.63. The summed E-state index contributed by atoms with van der Waals surface area (Å²) in [5, 5.41) is 7.63. The second kappa shape index (κ2) is 11.9. The average molecular weight is 516 g/mol. The number of benzene rings is 3. The van der Waals surface area contributed by atoms with Gasteiger partial charge in [-0.3, -0.25) is 9.59 Å². The molecule has 0 radical (unpaired) electrons. The SMILES string of the molecule is C=CCN(C(=O)C(C)NC(=O)OC(C)(C)C)C(C(=O)Nc1ccc2ccccc2c1)c1ccc(C)c(C)c1. The maximum Gasteiger partial charge on any atom is 0.408 e. The minimum absolute atomic E-state index is 0.0991. The number of aryl methyl sites for hydroxylation is 2. The number of nitrogens with zero attached hydrogens (tertiary/aromatic N) is 1. The van der Waals surface area contributed by atoms with Gasteiger partial charge < -0.3 is 20.3 Å². The van der Waals surface area contributed by atoms with Crippen LogP contribution in [-0.2, 0) is 14.3 Å². The Morgan fingerprint density at radius 1 is 0.974 bits per heavy atom. The summed E-state index contributed by atoms with van der Waals surface area (Å²) in [6.07, 6.45) is 0.857. The molecule has 0 spiro atoms. The highest BCUT2D eigenvalue weighted by Gasteiger charge is 2.34. The molecule has 3 rings (SSSR count). The molecule has 0 aliphatic heterocycles. The van der Waals surface area contributed by atoms with Gasteiger partial charge in [-0.15, -0.1) is 6.58 Å². The van der Waals surface area contributed by atoms with Crippen LogP contribution in [0.15, 0.2) is 73.3 Å². The van der Waals surface area contributed by atoms with Crippen LogP contribution in [0.5, 0.6) is 0 Å². The lowest BCUT2D eigenvalue weighted by Gasteiger charge is -2.33. The molecule has 0 aliphatic carbocycles. The predicted molar refractivity (Wildman–Crippen MR) is 152 cm³/mol. The van der Waals surface area contributed by atoms with Gasteiger partial charge in [0.05, 0.1) is 0 Å². The topological polar surface area (TPSA) is 87.7 Å². The number of hydrogen-bond donors (Lipinski definition) is 2. The molecule has 38 heavy (non-hydrogen) atoms. The molecule has 7 heteroatoms. The first kappa shape index (κ1) is 28.4. The zero-order chi connectivity index (χ0) is 28.0. The van der Waals surface area contributed by atoms with Crippen LogP contribution in [0.4, 0.5) is 10.5 Å². The number of amides is 3. The van der Waals surface area contributed by atoms with Crippen molar-refractivity contribution in [2.45, 2.75) is 59.2 Å². The first-order chi connectivity index (χ1) is 17.9. The number of carbonyl (C=O) groups excluding carboxylic acids is 3. The Balaban J connectivity index is 1.96. The Labute approximate surface area is 224 Å². The van der Waals surface area contributed by atoms with Crippen molar-refractivity contribution in [1.29, 1.82) is 0 Å². The van der Waals surface area contributed by atoms with Crippen molar-refractivity contribution in [3.63, 3.8) is 0 Å². The quantitative estimate of drug-likeness (QED) is 0.357. The minimum atomic E-state index is -0.964. The Kier molecular flexibility index (Phi) is 8.94. The lowest BCUT2D eigenvalue weighted by molar-refractivity contribution is -0.139. The number of hydrogen-bond acceptors (Lipinski definition) is 4. The number of nitrogens with one attached hydrogen (secondary N) is 2. The van der Waals surface area contributed by atoms with E-state index in [9.17, 15) is 14.4 Å². The molecule has 0 bridgehead atoms. The van der Waals surface area contributed by atoms with E-state index in [0.29, 0.717) is 11.3 Å². The fourth-order valence-electron chi connectivity index (χ4n) is 4.14. The number of rotatable bonds is 8. The van der Waals surface area contributed by atoms with Crippen molar-refractivity contribution in [3.05, 3.63) is 90.0 Å². The monoisotopic (exact) mass is 515 g/mol. The molecule has 3 aromatic carbocycles. The molecule has 200 valence electrons. The molecule has 0 heterocycles. The molecule has 3 amide bonds. The molecule has 0 aliphatic rings. The second-order valence-corrected chi connectivity index (χ2v) is 10.4. The third-order valence-electron chi connectivity index (χ3n) is 6.14. The van der Waals surface area contributed by atoms with Gasteiger partial charge in [0.25, 0.3) is 5.91 Å². The van der Waals surface area contributed by atoms with Crippen LogP contribution >= 0.6 is 0 Å². The molecular formula is C31H37N3O4. The van der Waals surface area contributed by atoms with Crippen molar-refractivity contribution in [2.24, 2.45) is 0 Å². The number of ether oxygens (including phenoxy) is 1. The molecule has 0 aromatic heterocycles. The molecule has 0 fully saturated rings. The number of carbonyl (C=O) groups is 3. The summed E-state index contributed by atoms with van der Waals surface area (Å²) in [6, 6.07) is 17.3. The Morgan fingerprint density at radius 2 is 1.66 bits per heavy atom. The summed E-state index contributed by atoms with van der Waals surface area (Å²) in [6.45, 7) is 14.7. The van der Waals surface area contributed by atoms with Gasteiger partial charge in [-0.2, -0.15) is 0 Å². The molecule has 0 saturated carbocycles. The van der Waals surface area contributed by atoms with Gasteiger partial charge in [0, 0.05) is 12.2 Å². The normalized spacial score (nSPS) is 12.8. The third-order valence-corrected chi connectivity index (χ3v) is 6.14. The summed E-state index contributed by atoms with van der Waals surface area (Å²) >= 11 is 0. The van der Waals surface area contributed by atoms with E-state index in [1.165, 1.54) is 4.90 Å². The summed E-state index contributed by atoms with van der Waals surface area (Å²) in [4.78, 5) is 41.3. The molecule has 2 atom stereocenters. The first-order valence-electron chi connectivity index (χ1n) is 12.7. The predicted octanol–water partition coefficient (Wildman–Crippen LogP) is 6.06. The van der Waals surface area contributed by atoms with Crippen molar-refractivity contribution in [3.8, 4) is 0 Å². The highest BCUT2D eigenvalue weighted by atomic mass is 16.6. The van der Waals surface area contributed by atoms with E-state index in [1.54, 1.807) is 33.8 Å². The van der Waals surface area contributed by atoms with E-state index in [-0.39, 0.29) is 12.5 Å². The van der Waals surface area contributed by atoms with Crippen molar-refractivity contribution >= 4 is 34.4 Å². The van der Waals surface area contributed by atoms with Gasteiger partial charge in [-0.05, 0) is 81.1 Å². The molecule has 7 nitrogen and oxygen atoms in total. The van der Waals surface area contributed by atoms with Gasteiger partial charge in [-0.1, -0.05) is 54.6 Å². The Morgan fingerprint density at radius 3 is 2.29 bits per heavy atom. The lowest BCUT2D eigenvalue weighted by Crippen LogP contribution is -2.51. The maximum absolute atomic E-state index is 13.8. The number of alkyl carbamates (subject to hydrolysis) is 1. The van der Waals surface area contributed by atoms with Crippen LogP contribution in [0.25, 0.3) is 10.8 Å². The fraction of sp³-hybridized carbons (Fsp3) is 0.323. The number of anilines is 1. The summed E-state index contributed by atoms with van der Waals surface area (Å²) in [5.74, 6) is -0.809. The van der Waals surface area contributed by atoms with Gasteiger partial charge in [-0.25, -0.2) is 4.79 Å². The molecule has 0 saturated heterocycles. The van der Waals surface area contributed by atoms with E-state index in [1.807, 2.05) is 74.5 Å². The summed E-state index contributed by atoms with van der Waals surface area (Å²) in [7, 11) is 0. The van der Waals surface area contributed by atoms with E-state index >= 15 is 0 Å². The summed E-state index contributed by atoms with van der Waals surface area (Å²) < 4.78 is 5.31.